The number of rotatable bonds is 5. The Labute approximate surface area is 184 Å². The highest BCUT2D eigenvalue weighted by Crippen LogP contribution is 2.36. The topological polar surface area (TPSA) is 76.1 Å². The first-order valence-corrected chi connectivity index (χ1v) is 10.2. The molecule has 1 aliphatic carbocycles. The summed E-state index contributed by atoms with van der Waals surface area (Å²) in [6.07, 6.45) is 9.51. The fourth-order valence-electron chi connectivity index (χ4n) is 3.90. The molecular formula is C23H20ClFN4O2. The lowest BCUT2D eigenvalue weighted by Gasteiger charge is -2.21. The molecule has 0 radical (unpaired) electrons. The van der Waals surface area contributed by atoms with Gasteiger partial charge in [-0.15, -0.1) is 6.42 Å². The molecule has 1 aliphatic rings. The van der Waals surface area contributed by atoms with Crippen LogP contribution in [0.3, 0.4) is 0 Å². The van der Waals surface area contributed by atoms with E-state index in [9.17, 15) is 9.18 Å². The van der Waals surface area contributed by atoms with E-state index in [0.717, 1.165) is 24.6 Å². The molecular weight excluding hydrogens is 419 g/mol. The number of carbonyl (C=O) groups is 1. The Morgan fingerprint density at radius 3 is 2.87 bits per heavy atom. The van der Waals surface area contributed by atoms with Gasteiger partial charge in [0.05, 0.1) is 17.6 Å². The van der Waals surface area contributed by atoms with Crippen molar-refractivity contribution in [2.75, 3.05) is 12.4 Å². The van der Waals surface area contributed by atoms with E-state index in [2.05, 4.69) is 26.5 Å². The first kappa shape index (κ1) is 20.9. The molecule has 1 aromatic heterocycles. The van der Waals surface area contributed by atoms with Gasteiger partial charge >= 0.3 is 0 Å². The number of aromatic nitrogens is 2. The van der Waals surface area contributed by atoms with Gasteiger partial charge in [0.25, 0.3) is 5.91 Å². The zero-order valence-corrected chi connectivity index (χ0v) is 17.5. The quantitative estimate of drug-likeness (QED) is 0.584. The van der Waals surface area contributed by atoms with Gasteiger partial charge in [-0.3, -0.25) is 4.79 Å². The number of nitrogens with one attached hydrogen (secondary N) is 2. The lowest BCUT2D eigenvalue weighted by Crippen LogP contribution is -2.43. The Morgan fingerprint density at radius 1 is 1.29 bits per heavy atom. The van der Waals surface area contributed by atoms with Crippen molar-refractivity contribution in [3.05, 3.63) is 47.4 Å². The van der Waals surface area contributed by atoms with Crippen molar-refractivity contribution >= 4 is 34.4 Å². The van der Waals surface area contributed by atoms with E-state index in [0.29, 0.717) is 17.0 Å². The molecule has 31 heavy (non-hydrogen) atoms. The Bertz CT molecular complexity index is 1190. The van der Waals surface area contributed by atoms with Crippen LogP contribution in [0.15, 0.2) is 36.5 Å². The number of methoxy groups -OCH3 is 1. The Kier molecular flexibility index (Phi) is 5.92. The molecule has 1 amide bonds. The molecule has 4 rings (SSSR count). The molecule has 1 heterocycles. The van der Waals surface area contributed by atoms with Gasteiger partial charge in [-0.1, -0.05) is 17.7 Å². The van der Waals surface area contributed by atoms with E-state index in [1.54, 1.807) is 30.5 Å². The summed E-state index contributed by atoms with van der Waals surface area (Å²) in [4.78, 5) is 20.5. The van der Waals surface area contributed by atoms with Crippen molar-refractivity contribution in [1.82, 2.24) is 15.3 Å². The van der Waals surface area contributed by atoms with Crippen molar-refractivity contribution in [2.45, 2.75) is 31.3 Å². The molecule has 0 saturated heterocycles. The number of amides is 1. The summed E-state index contributed by atoms with van der Waals surface area (Å²) in [6.45, 7) is 0. The van der Waals surface area contributed by atoms with E-state index in [1.165, 1.54) is 13.2 Å². The Balaban J connectivity index is 1.60. The van der Waals surface area contributed by atoms with Crippen LogP contribution in [0.25, 0.3) is 22.0 Å². The van der Waals surface area contributed by atoms with Crippen LogP contribution in [0.4, 0.5) is 10.3 Å². The second-order valence-electron chi connectivity index (χ2n) is 7.31. The minimum Gasteiger partial charge on any atom is -0.494 e. The smallest absolute Gasteiger partial charge is 0.295 e. The molecule has 0 aliphatic heterocycles. The number of terminal acetylenes is 1. The average Bonchev–Trinajstić information content (AvgIpc) is 3.20. The van der Waals surface area contributed by atoms with E-state index >= 15 is 0 Å². The van der Waals surface area contributed by atoms with Crippen LogP contribution in [0, 0.1) is 18.2 Å². The highest BCUT2D eigenvalue weighted by atomic mass is 35.5. The second-order valence-corrected chi connectivity index (χ2v) is 7.72. The minimum atomic E-state index is -0.519. The Hall–Kier alpha value is -3.37. The number of benzene rings is 2. The summed E-state index contributed by atoms with van der Waals surface area (Å²) in [5.41, 5.74) is 1.57. The predicted octanol–water partition coefficient (Wildman–Crippen LogP) is 4.18. The van der Waals surface area contributed by atoms with Gasteiger partial charge in [0.2, 0.25) is 5.95 Å². The van der Waals surface area contributed by atoms with Crippen LogP contribution in [0.1, 0.15) is 19.3 Å². The predicted molar refractivity (Wildman–Crippen MR) is 119 cm³/mol. The van der Waals surface area contributed by atoms with Gasteiger partial charge in [0.1, 0.15) is 0 Å². The highest BCUT2D eigenvalue weighted by Gasteiger charge is 2.28. The minimum absolute atomic E-state index is 0.00120. The van der Waals surface area contributed by atoms with Gasteiger partial charge in [-0.2, -0.15) is 0 Å². The van der Waals surface area contributed by atoms with Crippen molar-refractivity contribution < 1.29 is 13.9 Å². The third kappa shape index (κ3) is 4.25. The summed E-state index contributed by atoms with van der Waals surface area (Å²) in [5.74, 6) is 1.72. The number of hydrogen-bond donors (Lipinski definition) is 2. The van der Waals surface area contributed by atoms with Crippen LogP contribution in [0.2, 0.25) is 5.02 Å². The van der Waals surface area contributed by atoms with E-state index < -0.39 is 11.7 Å². The molecule has 1 saturated carbocycles. The van der Waals surface area contributed by atoms with E-state index in [-0.39, 0.29) is 28.4 Å². The number of fused-ring (bicyclic) bond motifs is 1. The molecule has 8 heteroatoms. The number of hydrogen-bond acceptors (Lipinski definition) is 5. The molecule has 2 atom stereocenters. The SMILES string of the molecule is C#CC(=O)N[C@H]1CCC[C@H]1Nc1ncc2cc(-c3c(Cl)ccc(OC)c3F)ccc2n1. The van der Waals surface area contributed by atoms with Crippen LogP contribution in [-0.2, 0) is 4.79 Å². The van der Waals surface area contributed by atoms with Crippen molar-refractivity contribution in [1.29, 1.82) is 0 Å². The molecule has 0 bridgehead atoms. The van der Waals surface area contributed by atoms with Crippen molar-refractivity contribution in [2.24, 2.45) is 0 Å². The van der Waals surface area contributed by atoms with Gasteiger partial charge < -0.3 is 15.4 Å². The summed E-state index contributed by atoms with van der Waals surface area (Å²) in [5, 5.41) is 7.15. The monoisotopic (exact) mass is 438 g/mol. The molecule has 0 unspecified atom stereocenters. The van der Waals surface area contributed by atoms with E-state index in [1.807, 2.05) is 0 Å². The maximum Gasteiger partial charge on any atom is 0.295 e. The molecule has 1 fully saturated rings. The number of carbonyl (C=O) groups excluding carboxylic acids is 1. The van der Waals surface area contributed by atoms with Gasteiger partial charge in [-0.05, 0) is 55.0 Å². The number of anilines is 1. The second kappa shape index (κ2) is 8.78. The first-order chi connectivity index (χ1) is 15.0. The zero-order valence-electron chi connectivity index (χ0n) is 16.8. The fraction of sp³-hybridized carbons (Fsp3) is 0.261. The number of ether oxygens (including phenoxy) is 1. The van der Waals surface area contributed by atoms with Gasteiger partial charge in [-0.25, -0.2) is 14.4 Å². The lowest BCUT2D eigenvalue weighted by molar-refractivity contribution is -0.116. The third-order valence-corrected chi connectivity index (χ3v) is 5.74. The summed E-state index contributed by atoms with van der Waals surface area (Å²) >= 11 is 6.25. The third-order valence-electron chi connectivity index (χ3n) is 5.42. The van der Waals surface area contributed by atoms with Crippen molar-refractivity contribution in [3.8, 4) is 29.2 Å². The van der Waals surface area contributed by atoms with Crippen LogP contribution in [-0.4, -0.2) is 35.1 Å². The van der Waals surface area contributed by atoms with Crippen LogP contribution in [0.5, 0.6) is 5.75 Å². The average molecular weight is 439 g/mol. The molecule has 0 spiro atoms. The largest absolute Gasteiger partial charge is 0.494 e. The Morgan fingerprint density at radius 2 is 2.10 bits per heavy atom. The van der Waals surface area contributed by atoms with E-state index in [4.69, 9.17) is 22.8 Å². The molecule has 6 nitrogen and oxygen atoms in total. The van der Waals surface area contributed by atoms with Crippen LogP contribution < -0.4 is 15.4 Å². The maximum atomic E-state index is 14.8. The first-order valence-electron chi connectivity index (χ1n) is 9.83. The highest BCUT2D eigenvalue weighted by molar-refractivity contribution is 6.33. The maximum absolute atomic E-state index is 14.8. The molecule has 3 aromatic rings. The van der Waals surface area contributed by atoms with Gasteiger partial charge in [0, 0.05) is 29.2 Å². The number of halogens is 2. The summed E-state index contributed by atoms with van der Waals surface area (Å²) < 4.78 is 19.8. The zero-order chi connectivity index (χ0) is 22.0. The standard InChI is InChI=1S/C23H20ClFN4O2/c1-3-20(30)27-17-5-4-6-18(17)29-23-26-12-14-11-13(7-9-16(14)28-23)21-15(24)8-10-19(31-2)22(21)25/h1,7-12,17-18H,4-6H2,2H3,(H,27,30)(H,26,28,29)/t17-,18+/m0/s1. The molecule has 158 valence electrons. The lowest BCUT2D eigenvalue weighted by atomic mass is 10.0. The van der Waals surface area contributed by atoms with Crippen molar-refractivity contribution in [3.63, 3.8) is 0 Å². The van der Waals surface area contributed by atoms with Gasteiger partial charge in [0.15, 0.2) is 11.6 Å². The normalized spacial score (nSPS) is 17.9. The number of nitrogens with zero attached hydrogens (tertiary/aromatic N) is 2. The molecule has 2 aromatic carbocycles. The van der Waals surface area contributed by atoms with Crippen LogP contribution >= 0.6 is 11.6 Å². The summed E-state index contributed by atoms with van der Waals surface area (Å²) in [7, 11) is 1.41. The molecule has 2 N–H and O–H groups in total. The fourth-order valence-corrected chi connectivity index (χ4v) is 4.15. The summed E-state index contributed by atoms with van der Waals surface area (Å²) in [6, 6.07) is 8.36.